The van der Waals surface area contributed by atoms with E-state index >= 15 is 4.39 Å². The number of sulfone groups is 1. The normalized spacial score (nSPS) is 11.6. The first-order chi connectivity index (χ1) is 19.2. The Labute approximate surface area is 240 Å². The molecule has 3 aromatic carbocycles. The second-order valence-electron chi connectivity index (χ2n) is 9.05. The summed E-state index contributed by atoms with van der Waals surface area (Å²) in [5.41, 5.74) is 2.94. The summed E-state index contributed by atoms with van der Waals surface area (Å²) >= 11 is 7.85. The third-order valence-corrected chi connectivity index (χ3v) is 8.00. The molecule has 0 aliphatic heterocycles. The average molecular weight is 598 g/mol. The van der Waals surface area contributed by atoms with Crippen LogP contribution >= 0.6 is 22.9 Å². The average Bonchev–Trinajstić information content (AvgIpc) is 3.39. The predicted octanol–water partition coefficient (Wildman–Crippen LogP) is 6.00. The number of anilines is 2. The molecule has 2 aromatic heterocycles. The van der Waals surface area contributed by atoms with Crippen LogP contribution in [0.5, 0.6) is 5.75 Å². The van der Waals surface area contributed by atoms with Crippen molar-refractivity contribution in [2.75, 3.05) is 23.9 Å². The molecule has 0 saturated carbocycles. The fourth-order valence-electron chi connectivity index (χ4n) is 3.91. The van der Waals surface area contributed by atoms with Crippen molar-refractivity contribution in [3.63, 3.8) is 0 Å². The molecule has 0 unspecified atom stereocenters. The number of halogens is 2. The largest absolute Gasteiger partial charge is 0.487 e. The lowest BCUT2D eigenvalue weighted by molar-refractivity contribution is 0.306. The van der Waals surface area contributed by atoms with Crippen LogP contribution in [-0.4, -0.2) is 41.9 Å². The van der Waals surface area contributed by atoms with Gasteiger partial charge in [0.25, 0.3) is 0 Å². The molecular formula is C28H25ClFN5O3S2. The van der Waals surface area contributed by atoms with Crippen LogP contribution in [0.1, 0.15) is 10.6 Å². The van der Waals surface area contributed by atoms with Crippen LogP contribution < -0.4 is 15.4 Å². The van der Waals surface area contributed by atoms with Gasteiger partial charge in [0.1, 0.15) is 45.2 Å². The summed E-state index contributed by atoms with van der Waals surface area (Å²) in [5.74, 6) is 0.618. The van der Waals surface area contributed by atoms with Gasteiger partial charge >= 0.3 is 0 Å². The summed E-state index contributed by atoms with van der Waals surface area (Å²) in [7, 11) is -3.05. The standard InChI is InChI=1S/C28H25ClFN5O3S2/c1-40(36,37)10-9-31-14-27-35-25(16-39-27)20-12-21-24(13-23(20)30)32-17-33-28(21)34-19-7-8-26(22(29)11-19)38-15-18-5-3-2-4-6-18/h2-8,11-13,16-17,31H,9-10,14-15H2,1H3,(H,32,33,34). The maximum absolute atomic E-state index is 15.1. The third kappa shape index (κ3) is 7.11. The summed E-state index contributed by atoms with van der Waals surface area (Å²) < 4.78 is 43.5. The number of benzene rings is 3. The van der Waals surface area contributed by atoms with Crippen molar-refractivity contribution >= 4 is 55.2 Å². The molecule has 0 aliphatic rings. The fraction of sp³-hybridized carbons (Fsp3) is 0.179. The van der Waals surface area contributed by atoms with E-state index in [1.165, 1.54) is 30.0 Å². The summed E-state index contributed by atoms with van der Waals surface area (Å²) in [6, 6.07) is 18.2. The van der Waals surface area contributed by atoms with Gasteiger partial charge in [-0.15, -0.1) is 11.3 Å². The van der Waals surface area contributed by atoms with Gasteiger partial charge in [-0.05, 0) is 29.8 Å². The first kappa shape index (κ1) is 27.9. The van der Waals surface area contributed by atoms with Gasteiger partial charge < -0.3 is 15.4 Å². The Morgan fingerprint density at radius 2 is 1.90 bits per heavy atom. The minimum Gasteiger partial charge on any atom is -0.487 e. The van der Waals surface area contributed by atoms with Gasteiger partial charge in [-0.1, -0.05) is 41.9 Å². The minimum atomic E-state index is -3.05. The maximum atomic E-state index is 15.1. The van der Waals surface area contributed by atoms with E-state index in [1.807, 2.05) is 36.4 Å². The number of aromatic nitrogens is 3. The molecule has 0 spiro atoms. The van der Waals surface area contributed by atoms with Crippen LogP contribution in [0.25, 0.3) is 22.2 Å². The van der Waals surface area contributed by atoms with Crippen LogP contribution in [-0.2, 0) is 23.0 Å². The zero-order valence-electron chi connectivity index (χ0n) is 21.4. The van der Waals surface area contributed by atoms with Gasteiger partial charge in [-0.25, -0.2) is 27.8 Å². The molecular weight excluding hydrogens is 573 g/mol. The minimum absolute atomic E-state index is 0.0367. The van der Waals surface area contributed by atoms with E-state index in [-0.39, 0.29) is 5.75 Å². The smallest absolute Gasteiger partial charge is 0.148 e. The Morgan fingerprint density at radius 1 is 1.07 bits per heavy atom. The highest BCUT2D eigenvalue weighted by atomic mass is 35.5. The molecule has 8 nitrogen and oxygen atoms in total. The highest BCUT2D eigenvalue weighted by molar-refractivity contribution is 7.90. The van der Waals surface area contributed by atoms with E-state index < -0.39 is 15.7 Å². The summed E-state index contributed by atoms with van der Waals surface area (Å²) in [4.78, 5) is 13.1. The van der Waals surface area contributed by atoms with E-state index in [9.17, 15) is 8.42 Å². The summed E-state index contributed by atoms with van der Waals surface area (Å²) in [6.45, 7) is 1.10. The molecule has 206 valence electrons. The molecule has 0 aliphatic carbocycles. The number of fused-ring (bicyclic) bond motifs is 1. The van der Waals surface area contributed by atoms with Crippen molar-refractivity contribution in [3.8, 4) is 17.0 Å². The zero-order valence-corrected chi connectivity index (χ0v) is 23.8. The SMILES string of the molecule is CS(=O)(=O)CCNCc1nc(-c2cc3c(Nc4ccc(OCc5ccccc5)c(Cl)c4)ncnc3cc2F)cs1. The molecule has 0 bridgehead atoms. The predicted molar refractivity (Wildman–Crippen MR) is 158 cm³/mol. The van der Waals surface area contributed by atoms with Gasteiger partial charge in [0.2, 0.25) is 0 Å². The highest BCUT2D eigenvalue weighted by Gasteiger charge is 2.15. The Morgan fingerprint density at radius 3 is 2.67 bits per heavy atom. The van der Waals surface area contributed by atoms with Crippen molar-refractivity contribution in [2.24, 2.45) is 0 Å². The Kier molecular flexibility index (Phi) is 8.55. The molecule has 0 fully saturated rings. The number of nitrogens with zero attached hydrogens (tertiary/aromatic N) is 3. The van der Waals surface area contributed by atoms with Crippen LogP contribution in [0.4, 0.5) is 15.9 Å². The van der Waals surface area contributed by atoms with E-state index in [0.29, 0.717) is 64.1 Å². The van der Waals surface area contributed by atoms with Crippen LogP contribution in [0, 0.1) is 5.82 Å². The lowest BCUT2D eigenvalue weighted by Crippen LogP contribution is -2.21. The van der Waals surface area contributed by atoms with Crippen molar-refractivity contribution in [1.29, 1.82) is 0 Å². The second-order valence-corrected chi connectivity index (χ2v) is 12.7. The van der Waals surface area contributed by atoms with E-state index in [2.05, 4.69) is 25.6 Å². The topological polar surface area (TPSA) is 106 Å². The van der Waals surface area contributed by atoms with E-state index in [1.54, 1.807) is 23.6 Å². The lowest BCUT2D eigenvalue weighted by atomic mass is 10.1. The van der Waals surface area contributed by atoms with Crippen molar-refractivity contribution in [3.05, 3.63) is 93.8 Å². The van der Waals surface area contributed by atoms with Gasteiger partial charge in [0.15, 0.2) is 0 Å². The first-order valence-electron chi connectivity index (χ1n) is 12.3. The van der Waals surface area contributed by atoms with Crippen LogP contribution in [0.3, 0.4) is 0 Å². The molecule has 0 atom stereocenters. The van der Waals surface area contributed by atoms with Crippen molar-refractivity contribution in [2.45, 2.75) is 13.2 Å². The van der Waals surface area contributed by atoms with E-state index in [0.717, 1.165) is 10.6 Å². The number of nitrogens with one attached hydrogen (secondary N) is 2. The number of rotatable bonds is 11. The van der Waals surface area contributed by atoms with Crippen LogP contribution in [0.2, 0.25) is 5.02 Å². The molecule has 5 rings (SSSR count). The molecule has 0 radical (unpaired) electrons. The number of hydrogen-bond acceptors (Lipinski definition) is 9. The second kappa shape index (κ2) is 12.3. The maximum Gasteiger partial charge on any atom is 0.148 e. The monoisotopic (exact) mass is 597 g/mol. The number of ether oxygens (including phenoxy) is 1. The molecule has 40 heavy (non-hydrogen) atoms. The molecule has 0 amide bonds. The number of thiazole rings is 1. The quantitative estimate of drug-likeness (QED) is 0.179. The Hall–Kier alpha value is -3.64. The molecule has 2 heterocycles. The third-order valence-electron chi connectivity index (χ3n) is 5.91. The summed E-state index contributed by atoms with van der Waals surface area (Å²) in [6.07, 6.45) is 2.56. The van der Waals surface area contributed by atoms with Gasteiger partial charge in [-0.2, -0.15) is 0 Å². The van der Waals surface area contributed by atoms with Gasteiger partial charge in [0.05, 0.1) is 22.0 Å². The lowest BCUT2D eigenvalue weighted by Gasteiger charge is -2.12. The van der Waals surface area contributed by atoms with Gasteiger partial charge in [0, 0.05) is 47.4 Å². The first-order valence-corrected chi connectivity index (χ1v) is 15.6. The van der Waals surface area contributed by atoms with E-state index in [4.69, 9.17) is 16.3 Å². The highest BCUT2D eigenvalue weighted by Crippen LogP contribution is 2.33. The Bertz CT molecular complexity index is 1750. The van der Waals surface area contributed by atoms with Crippen molar-refractivity contribution in [1.82, 2.24) is 20.3 Å². The van der Waals surface area contributed by atoms with Crippen molar-refractivity contribution < 1.29 is 17.5 Å². The molecule has 2 N–H and O–H groups in total. The molecule has 5 aromatic rings. The Balaban J connectivity index is 1.33. The molecule has 12 heteroatoms. The van der Waals surface area contributed by atoms with Crippen LogP contribution in [0.15, 0.2) is 72.4 Å². The summed E-state index contributed by atoms with van der Waals surface area (Å²) in [5, 5.41) is 9.83. The fourth-order valence-corrected chi connectivity index (χ4v) is 5.42. The van der Waals surface area contributed by atoms with Gasteiger partial charge in [-0.3, -0.25) is 0 Å². The number of hydrogen-bond donors (Lipinski definition) is 2. The zero-order chi connectivity index (χ0) is 28.1. The molecule has 0 saturated heterocycles.